The molecule has 2 aromatic rings. The number of sulfone groups is 1. The molecule has 0 saturated carbocycles. The molecule has 96 valence electrons. The van der Waals surface area contributed by atoms with Crippen LogP contribution in [-0.2, 0) is 9.84 Å². The van der Waals surface area contributed by atoms with Crippen LogP contribution in [0.3, 0.4) is 0 Å². The van der Waals surface area contributed by atoms with Crippen molar-refractivity contribution in [1.29, 1.82) is 0 Å². The highest BCUT2D eigenvalue weighted by Gasteiger charge is 2.13. The lowest BCUT2D eigenvalue weighted by Crippen LogP contribution is -3.59. The van der Waals surface area contributed by atoms with Gasteiger partial charge in [0.2, 0.25) is 17.3 Å². The van der Waals surface area contributed by atoms with E-state index in [0.717, 1.165) is 9.13 Å². The van der Waals surface area contributed by atoms with Crippen molar-refractivity contribution in [1.82, 2.24) is 0 Å². The fourth-order valence-corrected chi connectivity index (χ4v) is 4.42. The van der Waals surface area contributed by atoms with E-state index in [0.29, 0.717) is 0 Å². The zero-order chi connectivity index (χ0) is 13.7. The molecule has 0 N–H and O–H groups in total. The van der Waals surface area contributed by atoms with E-state index >= 15 is 0 Å². The zero-order valence-corrected chi connectivity index (χ0v) is 13.3. The van der Waals surface area contributed by atoms with Gasteiger partial charge in [-0.2, -0.15) is 0 Å². The van der Waals surface area contributed by atoms with Crippen molar-refractivity contribution in [3.63, 3.8) is 0 Å². The Balaban J connectivity index is 2.16. The van der Waals surface area contributed by atoms with Crippen LogP contribution in [0.2, 0.25) is 0 Å². The maximum Gasteiger partial charge on any atom is 0.420 e. The van der Waals surface area contributed by atoms with Gasteiger partial charge in [0.1, 0.15) is 0 Å². The number of rotatable bonds is 2. The Morgan fingerprint density at radius 1 is 0.947 bits per heavy atom. The van der Waals surface area contributed by atoms with Crippen LogP contribution in [0, 0.1) is 19.7 Å². The van der Waals surface area contributed by atoms with Gasteiger partial charge in [0, 0.05) is 0 Å². The lowest BCUT2D eigenvalue weighted by atomic mass is 10.2. The molecule has 0 aliphatic carbocycles. The first-order valence-corrected chi connectivity index (χ1v) is 9.24. The standard InChI is InChI=1S/C15H12IO2S/c1-13-7-9-15(10-8-13)19(17,18)12-11-16-14-5-3-2-4-6-14/h2-10H,1H3/q+1. The quantitative estimate of drug-likeness (QED) is 0.525. The Morgan fingerprint density at radius 3 is 2.21 bits per heavy atom. The minimum absolute atomic E-state index is 0.266. The molecule has 0 saturated heterocycles. The molecule has 19 heavy (non-hydrogen) atoms. The van der Waals surface area contributed by atoms with E-state index in [9.17, 15) is 8.42 Å². The Labute approximate surface area is 124 Å². The number of hydrogen-bond acceptors (Lipinski definition) is 2. The van der Waals surface area contributed by atoms with Gasteiger partial charge >= 0.3 is 21.2 Å². The molecule has 0 heterocycles. The smallest absolute Gasteiger partial charge is 0.210 e. The highest BCUT2D eigenvalue weighted by Crippen LogP contribution is 2.10. The second-order valence-electron chi connectivity index (χ2n) is 3.90. The summed E-state index contributed by atoms with van der Waals surface area (Å²) < 4.78 is 27.9. The average molecular weight is 383 g/mol. The first-order valence-electron chi connectivity index (χ1n) is 5.60. The number of halogens is 1. The summed E-state index contributed by atoms with van der Waals surface area (Å²) in [6.07, 6.45) is 0. The van der Waals surface area contributed by atoms with Crippen molar-refractivity contribution >= 4 is 9.84 Å². The summed E-state index contributed by atoms with van der Waals surface area (Å²) in [5.41, 5.74) is 1.03. The van der Waals surface area contributed by atoms with Crippen molar-refractivity contribution in [3.05, 3.63) is 63.7 Å². The number of hydrogen-bond donors (Lipinski definition) is 0. The Morgan fingerprint density at radius 2 is 1.58 bits per heavy atom. The summed E-state index contributed by atoms with van der Waals surface area (Å²) in [5.74, 6) is 0. The SMILES string of the molecule is Cc1ccc(S(=O)(=O)C#C[I+]c2ccccc2)cc1. The first-order chi connectivity index (χ1) is 9.08. The highest BCUT2D eigenvalue weighted by molar-refractivity contribution is 7.96. The van der Waals surface area contributed by atoms with E-state index in [1.54, 1.807) is 24.3 Å². The summed E-state index contributed by atoms with van der Waals surface area (Å²) in [5, 5.41) is 2.41. The molecule has 0 aliphatic rings. The fourth-order valence-electron chi connectivity index (χ4n) is 1.38. The molecule has 0 aromatic heterocycles. The van der Waals surface area contributed by atoms with Gasteiger partial charge in [-0.1, -0.05) is 35.9 Å². The van der Waals surface area contributed by atoms with Crippen LogP contribution in [0.25, 0.3) is 0 Å². The van der Waals surface area contributed by atoms with E-state index in [1.165, 1.54) is 0 Å². The van der Waals surface area contributed by atoms with Gasteiger partial charge in [-0.05, 0) is 31.2 Å². The van der Waals surface area contributed by atoms with E-state index < -0.39 is 31.0 Å². The monoisotopic (exact) mass is 383 g/mol. The molecular formula is C15H12IO2S+. The van der Waals surface area contributed by atoms with Crippen molar-refractivity contribution in [2.45, 2.75) is 11.8 Å². The van der Waals surface area contributed by atoms with E-state index in [-0.39, 0.29) is 4.90 Å². The Bertz CT molecular complexity index is 708. The lowest BCUT2D eigenvalue weighted by molar-refractivity contribution is -0.535. The Kier molecular flexibility index (Phi) is 4.61. The van der Waals surface area contributed by atoms with Crippen LogP contribution >= 0.6 is 0 Å². The maximum absolute atomic E-state index is 12.0. The second-order valence-corrected chi connectivity index (χ2v) is 7.91. The van der Waals surface area contributed by atoms with Crippen molar-refractivity contribution in [2.75, 3.05) is 0 Å². The predicted molar refractivity (Wildman–Crippen MR) is 71.3 cm³/mol. The van der Waals surface area contributed by atoms with E-state index in [4.69, 9.17) is 0 Å². The van der Waals surface area contributed by atoms with Gasteiger partial charge in [-0.3, -0.25) is 0 Å². The van der Waals surface area contributed by atoms with Crippen LogP contribution in [0.5, 0.6) is 0 Å². The van der Waals surface area contributed by atoms with Crippen molar-refractivity contribution in [2.24, 2.45) is 0 Å². The Hall–Kier alpha value is -1.32. The minimum Gasteiger partial charge on any atom is -0.210 e. The first kappa shape index (κ1) is 14.1. The van der Waals surface area contributed by atoms with E-state index in [1.807, 2.05) is 37.3 Å². The average Bonchev–Trinajstić information content (AvgIpc) is 2.40. The summed E-state index contributed by atoms with van der Waals surface area (Å²) in [7, 11) is -3.48. The topological polar surface area (TPSA) is 34.1 Å². The molecule has 0 aliphatic heterocycles. The summed E-state index contributed by atoms with van der Waals surface area (Å²) in [4.78, 5) is 0.266. The third kappa shape index (κ3) is 4.08. The molecular weight excluding hydrogens is 371 g/mol. The van der Waals surface area contributed by atoms with Gasteiger partial charge in [0.05, 0.1) is 10.1 Å². The van der Waals surface area contributed by atoms with Crippen LogP contribution in [0.1, 0.15) is 5.56 Å². The molecule has 0 spiro atoms. The molecule has 0 fully saturated rings. The molecule has 2 rings (SSSR count). The highest BCUT2D eigenvalue weighted by atomic mass is 127. The summed E-state index contributed by atoms with van der Waals surface area (Å²) >= 11 is -0.578. The predicted octanol–water partition coefficient (Wildman–Crippen LogP) is -0.354. The van der Waals surface area contributed by atoms with Crippen molar-refractivity contribution in [3.8, 4) is 9.18 Å². The normalized spacial score (nSPS) is 10.6. The van der Waals surface area contributed by atoms with Crippen LogP contribution in [0.4, 0.5) is 0 Å². The molecule has 0 radical (unpaired) electrons. The van der Waals surface area contributed by atoms with Crippen molar-refractivity contribution < 1.29 is 29.6 Å². The summed E-state index contributed by atoms with van der Waals surface area (Å²) in [6.45, 7) is 1.92. The van der Waals surface area contributed by atoms with Gasteiger partial charge in [-0.25, -0.2) is 8.42 Å². The summed E-state index contributed by atoms with van der Waals surface area (Å²) in [6, 6.07) is 16.5. The van der Waals surface area contributed by atoms with Crippen LogP contribution in [-0.4, -0.2) is 8.42 Å². The number of benzene rings is 2. The molecule has 0 atom stereocenters. The van der Waals surface area contributed by atoms with E-state index in [2.05, 4.69) is 9.18 Å². The molecule has 0 unspecified atom stereocenters. The molecule has 0 bridgehead atoms. The molecule has 2 nitrogen and oxygen atoms in total. The van der Waals surface area contributed by atoms with Gasteiger partial charge in [0.15, 0.2) is 0 Å². The zero-order valence-electron chi connectivity index (χ0n) is 10.3. The second kappa shape index (κ2) is 6.22. The minimum atomic E-state index is -3.48. The molecule has 4 heteroatoms. The lowest BCUT2D eigenvalue weighted by Gasteiger charge is -1.95. The molecule has 0 amide bonds. The largest absolute Gasteiger partial charge is 0.420 e. The fraction of sp³-hybridized carbons (Fsp3) is 0.0667. The van der Waals surface area contributed by atoms with Gasteiger partial charge < -0.3 is 0 Å². The maximum atomic E-state index is 12.0. The van der Waals surface area contributed by atoms with Crippen LogP contribution in [0.15, 0.2) is 59.5 Å². The third-order valence-electron chi connectivity index (χ3n) is 2.39. The molecule has 2 aromatic carbocycles. The van der Waals surface area contributed by atoms with Gasteiger partial charge in [0.25, 0.3) is 0 Å². The third-order valence-corrected chi connectivity index (χ3v) is 5.90. The van der Waals surface area contributed by atoms with Crippen LogP contribution < -0.4 is 21.2 Å². The number of aryl methyl sites for hydroxylation is 1. The van der Waals surface area contributed by atoms with Gasteiger partial charge in [-0.15, -0.1) is 0 Å².